The van der Waals surface area contributed by atoms with E-state index in [-0.39, 0.29) is 31.1 Å². The maximum Gasteiger partial charge on any atom is 0.191 e. The molecule has 0 saturated heterocycles. The number of carbonyl (C=O) groups excluding carboxylic acids is 3. The van der Waals surface area contributed by atoms with E-state index >= 15 is 0 Å². The zero-order chi connectivity index (χ0) is 20.2. The molecule has 0 aromatic carbocycles. The van der Waals surface area contributed by atoms with Gasteiger partial charge in [-0.15, -0.1) is 0 Å². The van der Waals surface area contributed by atoms with E-state index in [0.717, 1.165) is 5.57 Å². The number of rotatable bonds is 9. The van der Waals surface area contributed by atoms with Gasteiger partial charge in [-0.05, 0) is 38.5 Å². The fourth-order valence-electron chi connectivity index (χ4n) is 3.15. The van der Waals surface area contributed by atoms with E-state index in [4.69, 9.17) is 0 Å². The van der Waals surface area contributed by atoms with Crippen molar-refractivity contribution in [2.75, 3.05) is 0 Å². The minimum atomic E-state index is -2.31. The molecular weight excluding hydrogens is 332 g/mol. The molecule has 2 N–H and O–H groups in total. The third-order valence-electron chi connectivity index (χ3n) is 4.67. The Kier molecular flexibility index (Phi) is 7.51. The lowest BCUT2D eigenvalue weighted by molar-refractivity contribution is -0.145. The van der Waals surface area contributed by atoms with Crippen LogP contribution in [0.2, 0.25) is 0 Å². The van der Waals surface area contributed by atoms with Gasteiger partial charge in [0.2, 0.25) is 0 Å². The second-order valence-electron chi connectivity index (χ2n) is 8.30. The van der Waals surface area contributed by atoms with Gasteiger partial charge in [0, 0.05) is 12.8 Å². The van der Waals surface area contributed by atoms with E-state index < -0.39 is 40.2 Å². The average molecular weight is 364 g/mol. The molecular formula is C21H32O5. The van der Waals surface area contributed by atoms with Gasteiger partial charge in [-0.1, -0.05) is 39.3 Å². The first-order valence-electron chi connectivity index (χ1n) is 9.33. The number of aliphatic hydroxyl groups excluding tert-OH is 1. The first-order chi connectivity index (χ1) is 11.9. The smallest absolute Gasteiger partial charge is 0.191 e. The van der Waals surface area contributed by atoms with Crippen LogP contribution < -0.4 is 0 Å². The molecule has 146 valence electrons. The SMILES string of the molecule is CC(C)=CC[C@@H]1C(=O)C(C(=O)CC(C)C)=C(O)C1(O)C(=O)CCC(C)C. The predicted octanol–water partition coefficient (Wildman–Crippen LogP) is 3.71. The normalized spacial score (nSPS) is 23.1. The van der Waals surface area contributed by atoms with Crippen molar-refractivity contribution in [2.24, 2.45) is 17.8 Å². The molecule has 0 aromatic heterocycles. The minimum Gasteiger partial charge on any atom is -0.508 e. The lowest BCUT2D eigenvalue weighted by atomic mass is 9.80. The molecule has 5 nitrogen and oxygen atoms in total. The molecule has 0 aromatic rings. The fourth-order valence-corrected chi connectivity index (χ4v) is 3.15. The van der Waals surface area contributed by atoms with Crippen LogP contribution in [0.4, 0.5) is 0 Å². The molecule has 0 aliphatic heterocycles. The largest absolute Gasteiger partial charge is 0.508 e. The Morgan fingerprint density at radius 3 is 2.19 bits per heavy atom. The van der Waals surface area contributed by atoms with E-state index in [1.807, 2.05) is 41.5 Å². The topological polar surface area (TPSA) is 91.7 Å². The lowest BCUT2D eigenvalue weighted by Crippen LogP contribution is -2.46. The van der Waals surface area contributed by atoms with Crippen molar-refractivity contribution in [2.45, 2.75) is 72.8 Å². The highest BCUT2D eigenvalue weighted by atomic mass is 16.3. The van der Waals surface area contributed by atoms with Crippen LogP contribution in [0.3, 0.4) is 0 Å². The highest BCUT2D eigenvalue weighted by molar-refractivity contribution is 6.26. The van der Waals surface area contributed by atoms with Crippen molar-refractivity contribution in [1.29, 1.82) is 0 Å². The van der Waals surface area contributed by atoms with Gasteiger partial charge in [-0.25, -0.2) is 0 Å². The fraction of sp³-hybridized carbons (Fsp3) is 0.667. The molecule has 0 saturated carbocycles. The van der Waals surface area contributed by atoms with Crippen LogP contribution in [0, 0.1) is 17.8 Å². The first-order valence-corrected chi connectivity index (χ1v) is 9.33. The van der Waals surface area contributed by atoms with Crippen molar-refractivity contribution in [3.63, 3.8) is 0 Å². The lowest BCUT2D eigenvalue weighted by Gasteiger charge is -2.27. The van der Waals surface area contributed by atoms with E-state index in [2.05, 4.69) is 0 Å². The minimum absolute atomic E-state index is 0.00262. The molecule has 26 heavy (non-hydrogen) atoms. The second-order valence-corrected chi connectivity index (χ2v) is 8.30. The molecule has 0 bridgehead atoms. The van der Waals surface area contributed by atoms with Crippen molar-refractivity contribution in [3.8, 4) is 0 Å². The Labute approximate surface area is 156 Å². The second kappa shape index (κ2) is 8.76. The maximum atomic E-state index is 12.8. The van der Waals surface area contributed by atoms with E-state index in [9.17, 15) is 24.6 Å². The van der Waals surface area contributed by atoms with Crippen molar-refractivity contribution in [3.05, 3.63) is 23.0 Å². The summed E-state index contributed by atoms with van der Waals surface area (Å²) >= 11 is 0. The number of ketones is 3. The number of carbonyl (C=O) groups is 3. The quantitative estimate of drug-likeness (QED) is 0.481. The summed E-state index contributed by atoms with van der Waals surface area (Å²) in [6.07, 6.45) is 2.51. The third kappa shape index (κ3) is 4.70. The summed E-state index contributed by atoms with van der Waals surface area (Å²) in [5.74, 6) is -3.42. The standard InChI is InChI=1S/C21H32O5/c1-12(2)7-9-15-19(24)18(16(22)11-14(5)6)20(25)21(15,26)17(23)10-8-13(3)4/h7,13-15,25-26H,8-11H2,1-6H3/t15-,21?/m1/s1. The van der Waals surface area contributed by atoms with Crippen LogP contribution >= 0.6 is 0 Å². The molecule has 2 atom stereocenters. The summed E-state index contributed by atoms with van der Waals surface area (Å²) in [5.41, 5.74) is -1.78. The Morgan fingerprint density at radius 1 is 1.15 bits per heavy atom. The summed E-state index contributed by atoms with van der Waals surface area (Å²) < 4.78 is 0. The highest BCUT2D eigenvalue weighted by Gasteiger charge is 2.58. The van der Waals surface area contributed by atoms with E-state index in [1.165, 1.54) is 0 Å². The van der Waals surface area contributed by atoms with Gasteiger partial charge in [0.15, 0.2) is 23.0 Å². The Morgan fingerprint density at radius 2 is 1.73 bits per heavy atom. The summed E-state index contributed by atoms with van der Waals surface area (Å²) in [7, 11) is 0. The summed E-state index contributed by atoms with van der Waals surface area (Å²) in [5, 5.41) is 21.7. The number of hydrogen-bond donors (Lipinski definition) is 2. The van der Waals surface area contributed by atoms with Crippen LogP contribution in [-0.2, 0) is 14.4 Å². The van der Waals surface area contributed by atoms with Gasteiger partial charge < -0.3 is 10.2 Å². The molecule has 1 aliphatic carbocycles. The number of hydrogen-bond acceptors (Lipinski definition) is 5. The van der Waals surface area contributed by atoms with Crippen molar-refractivity contribution < 1.29 is 24.6 Å². The molecule has 1 rings (SSSR count). The number of allylic oxidation sites excluding steroid dienone is 3. The number of aliphatic hydroxyl groups is 2. The van der Waals surface area contributed by atoms with Gasteiger partial charge in [0.1, 0.15) is 11.3 Å². The molecule has 1 aliphatic rings. The summed E-state index contributed by atoms with van der Waals surface area (Å²) in [4.78, 5) is 38.0. The van der Waals surface area contributed by atoms with Crippen LogP contribution in [-0.4, -0.2) is 33.2 Å². The van der Waals surface area contributed by atoms with Crippen LogP contribution in [0.25, 0.3) is 0 Å². The average Bonchev–Trinajstić information content (AvgIpc) is 2.69. The van der Waals surface area contributed by atoms with Gasteiger partial charge >= 0.3 is 0 Å². The molecule has 0 amide bonds. The van der Waals surface area contributed by atoms with E-state index in [0.29, 0.717) is 6.42 Å². The molecule has 0 radical (unpaired) electrons. The molecule has 0 spiro atoms. The zero-order valence-electron chi connectivity index (χ0n) is 16.8. The van der Waals surface area contributed by atoms with E-state index in [1.54, 1.807) is 6.08 Å². The van der Waals surface area contributed by atoms with Gasteiger partial charge in [-0.3, -0.25) is 14.4 Å². The van der Waals surface area contributed by atoms with Crippen LogP contribution in [0.1, 0.15) is 67.2 Å². The van der Waals surface area contributed by atoms with Crippen molar-refractivity contribution >= 4 is 17.3 Å². The molecule has 5 heteroatoms. The Bertz CT molecular complexity index is 635. The highest BCUT2D eigenvalue weighted by Crippen LogP contribution is 2.42. The van der Waals surface area contributed by atoms with Gasteiger partial charge in [0.05, 0.1) is 5.92 Å². The zero-order valence-corrected chi connectivity index (χ0v) is 16.8. The summed E-state index contributed by atoms with van der Waals surface area (Å²) in [6, 6.07) is 0. The Hall–Kier alpha value is -1.75. The number of Topliss-reactive ketones (excluding diaryl/α,β-unsaturated/α-hetero) is 3. The maximum absolute atomic E-state index is 12.8. The monoisotopic (exact) mass is 364 g/mol. The van der Waals surface area contributed by atoms with Gasteiger partial charge in [-0.2, -0.15) is 0 Å². The van der Waals surface area contributed by atoms with Crippen molar-refractivity contribution in [1.82, 2.24) is 0 Å². The molecule has 1 unspecified atom stereocenters. The van der Waals surface area contributed by atoms with Crippen LogP contribution in [0.15, 0.2) is 23.0 Å². The predicted molar refractivity (Wildman–Crippen MR) is 101 cm³/mol. The first kappa shape index (κ1) is 22.3. The van der Waals surface area contributed by atoms with Crippen LogP contribution in [0.5, 0.6) is 0 Å². The Balaban J connectivity index is 3.34. The third-order valence-corrected chi connectivity index (χ3v) is 4.67. The van der Waals surface area contributed by atoms with Gasteiger partial charge in [0.25, 0.3) is 0 Å². The molecule has 0 fully saturated rings. The summed E-state index contributed by atoms with van der Waals surface area (Å²) in [6.45, 7) is 11.2. The molecule has 0 heterocycles.